The average molecular weight is 207 g/mol. The quantitative estimate of drug-likeness (QED) is 0.582. The number of amides is 4. The molecule has 0 aromatic carbocycles. The SMILES string of the molecule is NC(=O)CN1C(=O)N=C2N=CN=C2C1=O. The van der Waals surface area contributed by atoms with E-state index >= 15 is 0 Å². The maximum Gasteiger partial charge on any atom is 0.353 e. The second kappa shape index (κ2) is 3.08. The molecular weight excluding hydrogens is 202 g/mol. The highest BCUT2D eigenvalue weighted by atomic mass is 16.2. The Bertz CT molecular complexity index is 461. The molecule has 0 saturated carbocycles. The summed E-state index contributed by atoms with van der Waals surface area (Å²) in [5.74, 6) is -1.53. The van der Waals surface area contributed by atoms with E-state index in [1.54, 1.807) is 0 Å². The van der Waals surface area contributed by atoms with E-state index in [4.69, 9.17) is 5.73 Å². The predicted octanol–water partition coefficient (Wildman–Crippen LogP) is -1.68. The molecule has 0 saturated heterocycles. The number of rotatable bonds is 2. The average Bonchev–Trinajstić information content (AvgIpc) is 2.59. The summed E-state index contributed by atoms with van der Waals surface area (Å²) in [6, 6.07) is -0.855. The van der Waals surface area contributed by atoms with Crippen molar-refractivity contribution in [2.45, 2.75) is 0 Å². The molecule has 2 rings (SSSR count). The highest BCUT2D eigenvalue weighted by Gasteiger charge is 2.36. The zero-order valence-electron chi connectivity index (χ0n) is 7.38. The summed E-state index contributed by atoms with van der Waals surface area (Å²) in [6.07, 6.45) is 1.12. The van der Waals surface area contributed by atoms with Gasteiger partial charge in [0.25, 0.3) is 5.91 Å². The lowest BCUT2D eigenvalue weighted by atomic mass is 10.2. The monoisotopic (exact) mass is 207 g/mol. The van der Waals surface area contributed by atoms with Crippen LogP contribution in [0.5, 0.6) is 0 Å². The molecule has 0 aliphatic carbocycles. The Morgan fingerprint density at radius 1 is 1.47 bits per heavy atom. The van der Waals surface area contributed by atoms with Gasteiger partial charge in [-0.05, 0) is 0 Å². The molecular formula is C7H5N5O3. The molecule has 0 fully saturated rings. The van der Waals surface area contributed by atoms with E-state index in [2.05, 4.69) is 15.0 Å². The van der Waals surface area contributed by atoms with Crippen LogP contribution in [0.1, 0.15) is 0 Å². The number of hydrogen-bond donors (Lipinski definition) is 1. The number of hydrogen-bond acceptors (Lipinski definition) is 5. The fourth-order valence-electron chi connectivity index (χ4n) is 1.15. The van der Waals surface area contributed by atoms with Gasteiger partial charge in [-0.1, -0.05) is 0 Å². The number of urea groups is 1. The fraction of sp³-hybridized carbons (Fsp3) is 0.143. The Hall–Kier alpha value is -2.38. The summed E-state index contributed by atoms with van der Waals surface area (Å²) in [5.41, 5.74) is 4.83. The highest BCUT2D eigenvalue weighted by Crippen LogP contribution is 2.09. The van der Waals surface area contributed by atoms with Gasteiger partial charge in [0.2, 0.25) is 5.91 Å². The van der Waals surface area contributed by atoms with Crippen molar-refractivity contribution < 1.29 is 14.4 Å². The van der Waals surface area contributed by atoms with E-state index in [-0.39, 0.29) is 11.5 Å². The first-order valence-corrected chi connectivity index (χ1v) is 3.93. The predicted molar refractivity (Wildman–Crippen MR) is 49.7 cm³/mol. The smallest absolute Gasteiger partial charge is 0.353 e. The molecule has 15 heavy (non-hydrogen) atoms. The van der Waals surface area contributed by atoms with Crippen molar-refractivity contribution in [1.82, 2.24) is 4.90 Å². The van der Waals surface area contributed by atoms with Crippen molar-refractivity contribution >= 4 is 35.7 Å². The molecule has 2 aliphatic heterocycles. The molecule has 0 unspecified atom stereocenters. The Balaban J connectivity index is 2.35. The van der Waals surface area contributed by atoms with Crippen molar-refractivity contribution in [2.24, 2.45) is 20.7 Å². The number of imide groups is 1. The molecule has 0 radical (unpaired) electrons. The molecule has 8 nitrogen and oxygen atoms in total. The molecule has 0 aromatic heterocycles. The number of nitrogens with zero attached hydrogens (tertiary/aromatic N) is 4. The fourth-order valence-corrected chi connectivity index (χ4v) is 1.15. The van der Waals surface area contributed by atoms with Crippen LogP contribution in [-0.2, 0) is 9.59 Å². The second-order valence-electron chi connectivity index (χ2n) is 2.80. The van der Waals surface area contributed by atoms with Gasteiger partial charge in [-0.15, -0.1) is 0 Å². The molecule has 2 heterocycles. The van der Waals surface area contributed by atoms with Gasteiger partial charge in [-0.3, -0.25) is 9.59 Å². The van der Waals surface area contributed by atoms with E-state index in [9.17, 15) is 14.4 Å². The molecule has 8 heteroatoms. The first kappa shape index (κ1) is 9.19. The van der Waals surface area contributed by atoms with Crippen LogP contribution in [0.4, 0.5) is 4.79 Å². The standard InChI is InChI=1S/C7H5N5O3/c8-3(13)1-12-6(14)4-5(10-2-9-4)11-7(12)15/h2H,1H2,(H2,8,13). The van der Waals surface area contributed by atoms with E-state index in [0.717, 1.165) is 6.34 Å². The van der Waals surface area contributed by atoms with Gasteiger partial charge in [-0.2, -0.15) is 4.99 Å². The lowest BCUT2D eigenvalue weighted by molar-refractivity contribution is -0.127. The van der Waals surface area contributed by atoms with Crippen molar-refractivity contribution in [3.05, 3.63) is 0 Å². The number of nitrogens with two attached hydrogens (primary N) is 1. The first-order chi connectivity index (χ1) is 7.09. The number of aliphatic imine (C=N–C) groups is 3. The molecule has 0 aromatic rings. The summed E-state index contributed by atoms with van der Waals surface area (Å²) in [4.78, 5) is 44.8. The van der Waals surface area contributed by atoms with Gasteiger partial charge in [0.05, 0.1) is 0 Å². The van der Waals surface area contributed by atoms with Crippen LogP contribution < -0.4 is 5.73 Å². The zero-order chi connectivity index (χ0) is 11.0. The Morgan fingerprint density at radius 3 is 2.87 bits per heavy atom. The van der Waals surface area contributed by atoms with E-state index < -0.39 is 24.4 Å². The summed E-state index contributed by atoms with van der Waals surface area (Å²) >= 11 is 0. The minimum Gasteiger partial charge on any atom is -0.368 e. The van der Waals surface area contributed by atoms with Crippen LogP contribution in [0, 0.1) is 0 Å². The second-order valence-corrected chi connectivity index (χ2v) is 2.80. The molecule has 0 spiro atoms. The van der Waals surface area contributed by atoms with Crippen LogP contribution in [0.3, 0.4) is 0 Å². The van der Waals surface area contributed by atoms with Crippen molar-refractivity contribution in [2.75, 3.05) is 6.54 Å². The van der Waals surface area contributed by atoms with Crippen molar-refractivity contribution in [3.63, 3.8) is 0 Å². The summed E-state index contributed by atoms with van der Waals surface area (Å²) in [7, 11) is 0. The Morgan fingerprint density at radius 2 is 2.20 bits per heavy atom. The number of amidine groups is 1. The van der Waals surface area contributed by atoms with Gasteiger partial charge < -0.3 is 5.73 Å². The van der Waals surface area contributed by atoms with Crippen LogP contribution in [-0.4, -0.2) is 47.2 Å². The third-order valence-electron chi connectivity index (χ3n) is 1.77. The molecule has 2 N–H and O–H groups in total. The minimum atomic E-state index is -0.855. The lowest BCUT2D eigenvalue weighted by Gasteiger charge is -2.19. The van der Waals surface area contributed by atoms with Gasteiger partial charge in [-0.25, -0.2) is 19.7 Å². The Labute approximate surface area is 83.2 Å². The molecule has 76 valence electrons. The number of fused-ring (bicyclic) bond motifs is 1. The third-order valence-corrected chi connectivity index (χ3v) is 1.77. The van der Waals surface area contributed by atoms with Crippen LogP contribution in [0.25, 0.3) is 0 Å². The topological polar surface area (TPSA) is 118 Å². The van der Waals surface area contributed by atoms with Gasteiger partial charge in [0.1, 0.15) is 12.9 Å². The number of primary amides is 1. The number of carbonyl (C=O) groups is 3. The van der Waals surface area contributed by atoms with E-state index in [1.807, 2.05) is 0 Å². The summed E-state index contributed by atoms with van der Waals surface area (Å²) in [6.45, 7) is -0.506. The first-order valence-electron chi connectivity index (χ1n) is 3.93. The molecule has 4 amide bonds. The summed E-state index contributed by atoms with van der Waals surface area (Å²) in [5, 5.41) is 0. The minimum absolute atomic E-state index is 0.0225. The maximum absolute atomic E-state index is 11.6. The lowest BCUT2D eigenvalue weighted by Crippen LogP contribution is -2.49. The van der Waals surface area contributed by atoms with Crippen molar-refractivity contribution in [1.29, 1.82) is 0 Å². The van der Waals surface area contributed by atoms with Gasteiger partial charge in [0, 0.05) is 0 Å². The van der Waals surface area contributed by atoms with E-state index in [1.165, 1.54) is 0 Å². The van der Waals surface area contributed by atoms with Gasteiger partial charge in [0.15, 0.2) is 11.5 Å². The van der Waals surface area contributed by atoms with Crippen LogP contribution >= 0.6 is 0 Å². The van der Waals surface area contributed by atoms with Crippen molar-refractivity contribution in [3.8, 4) is 0 Å². The maximum atomic E-state index is 11.6. The zero-order valence-corrected chi connectivity index (χ0v) is 7.38. The third kappa shape index (κ3) is 1.41. The largest absolute Gasteiger partial charge is 0.368 e. The van der Waals surface area contributed by atoms with E-state index in [0.29, 0.717) is 4.90 Å². The molecule has 0 atom stereocenters. The van der Waals surface area contributed by atoms with Gasteiger partial charge >= 0.3 is 6.03 Å². The van der Waals surface area contributed by atoms with Crippen LogP contribution in [0.2, 0.25) is 0 Å². The Kier molecular flexibility index (Phi) is 1.89. The highest BCUT2D eigenvalue weighted by molar-refractivity contribution is 6.71. The summed E-state index contributed by atoms with van der Waals surface area (Å²) < 4.78 is 0. The normalized spacial score (nSPS) is 18.8. The van der Waals surface area contributed by atoms with Crippen LogP contribution in [0.15, 0.2) is 15.0 Å². The number of carbonyl (C=O) groups excluding carboxylic acids is 3. The molecule has 2 aliphatic rings. The molecule has 0 bridgehead atoms.